The second-order valence-corrected chi connectivity index (χ2v) is 13.5. The quantitative estimate of drug-likeness (QED) is 0.207. The zero-order chi connectivity index (χ0) is 30.9. The molecule has 0 aliphatic carbocycles. The van der Waals surface area contributed by atoms with Gasteiger partial charge in [-0.25, -0.2) is 9.97 Å². The Morgan fingerprint density at radius 3 is 1.61 bits per heavy atom. The maximum absolute atomic E-state index is 5.55. The van der Waals surface area contributed by atoms with E-state index in [1.165, 1.54) is 16.7 Å². The van der Waals surface area contributed by atoms with Gasteiger partial charge >= 0.3 is 0 Å². The summed E-state index contributed by atoms with van der Waals surface area (Å²) in [5, 5.41) is 0. The number of hydrogen-bond donors (Lipinski definition) is 0. The molecule has 0 amide bonds. The second kappa shape index (κ2) is 9.92. The topological polar surface area (TPSA) is 35.6 Å². The van der Waals surface area contributed by atoms with Crippen LogP contribution < -0.4 is 0 Å². The lowest BCUT2D eigenvalue weighted by Gasteiger charge is -2.43. The van der Waals surface area contributed by atoms with Crippen molar-refractivity contribution in [1.29, 1.82) is 0 Å². The molecule has 0 saturated carbocycles. The first kappa shape index (κ1) is 28.1. The fourth-order valence-electron chi connectivity index (χ4n) is 7.10. The second-order valence-electron chi connectivity index (χ2n) is 13.5. The number of nitrogens with zero attached hydrogens (tertiary/aromatic N) is 4. The van der Waals surface area contributed by atoms with Crippen LogP contribution in [0.3, 0.4) is 0 Å². The van der Waals surface area contributed by atoms with Crippen LogP contribution in [0.5, 0.6) is 0 Å². The molecule has 0 saturated heterocycles. The fourth-order valence-corrected chi connectivity index (χ4v) is 7.10. The Labute approximate surface area is 261 Å². The lowest BCUT2D eigenvalue weighted by atomic mass is 9.60. The van der Waals surface area contributed by atoms with Crippen molar-refractivity contribution in [1.82, 2.24) is 19.1 Å². The third-order valence-electron chi connectivity index (χ3n) is 10.5. The standard InChI is InChI=1S/C40H40N4/c1-27-21-22-32-24-33(27)37-42-35(26-44(37)7)40(29-16-10-8-11-17-29,30-18-12-9-13-19-30)34-25-43(6)36(41-34)28-15-14-20-31(23-28)38(2,3)39(32,4)5/h8-26H,1-7H3. The van der Waals surface area contributed by atoms with Crippen LogP contribution in [0.2, 0.25) is 0 Å². The molecule has 2 aromatic heterocycles. The number of aromatic nitrogens is 4. The average molecular weight is 577 g/mol. The van der Waals surface area contributed by atoms with E-state index in [1.54, 1.807) is 0 Å². The molecule has 0 atom stereocenters. The Bertz CT molecular complexity index is 1950. The molecule has 220 valence electrons. The van der Waals surface area contributed by atoms with Gasteiger partial charge in [0.1, 0.15) is 17.1 Å². The van der Waals surface area contributed by atoms with Crippen LogP contribution in [-0.4, -0.2) is 19.1 Å². The van der Waals surface area contributed by atoms with Gasteiger partial charge in [0.15, 0.2) is 0 Å². The molecule has 0 unspecified atom stereocenters. The molecule has 0 spiro atoms. The molecule has 8 bridgehead atoms. The third-order valence-corrected chi connectivity index (χ3v) is 10.5. The highest BCUT2D eigenvalue weighted by Gasteiger charge is 2.44. The van der Waals surface area contributed by atoms with E-state index in [9.17, 15) is 0 Å². The van der Waals surface area contributed by atoms with E-state index in [2.05, 4.69) is 173 Å². The van der Waals surface area contributed by atoms with E-state index in [1.807, 2.05) is 0 Å². The summed E-state index contributed by atoms with van der Waals surface area (Å²) >= 11 is 0. The van der Waals surface area contributed by atoms with Gasteiger partial charge in [0.2, 0.25) is 0 Å². The van der Waals surface area contributed by atoms with E-state index in [4.69, 9.17) is 9.97 Å². The third kappa shape index (κ3) is 3.97. The fraction of sp³-hybridized carbons (Fsp3) is 0.250. The van der Waals surface area contributed by atoms with E-state index in [-0.39, 0.29) is 10.8 Å². The Hall–Kier alpha value is -4.70. The Kier molecular flexibility index (Phi) is 6.33. The molecule has 3 heterocycles. The zero-order valence-corrected chi connectivity index (χ0v) is 26.8. The van der Waals surface area contributed by atoms with Crippen LogP contribution in [0, 0.1) is 6.92 Å². The van der Waals surface area contributed by atoms with Gasteiger partial charge in [-0.05, 0) is 57.7 Å². The van der Waals surface area contributed by atoms with Crippen LogP contribution in [-0.2, 0) is 30.3 Å². The zero-order valence-electron chi connectivity index (χ0n) is 26.8. The van der Waals surface area contributed by atoms with Crippen LogP contribution in [0.25, 0.3) is 22.8 Å². The minimum atomic E-state index is -0.740. The summed E-state index contributed by atoms with van der Waals surface area (Å²) in [5.41, 5.74) is 9.12. The summed E-state index contributed by atoms with van der Waals surface area (Å²) in [5.74, 6) is 1.89. The molecule has 4 nitrogen and oxygen atoms in total. The molecule has 4 aromatic carbocycles. The molecule has 7 rings (SSSR count). The van der Waals surface area contributed by atoms with Gasteiger partial charge in [-0.2, -0.15) is 0 Å². The number of rotatable bonds is 2. The summed E-state index contributed by atoms with van der Waals surface area (Å²) in [6.45, 7) is 11.6. The lowest BCUT2D eigenvalue weighted by Crippen LogP contribution is -2.40. The van der Waals surface area contributed by atoms with Crippen molar-refractivity contribution in [2.24, 2.45) is 14.1 Å². The minimum absolute atomic E-state index is 0.172. The number of imidazole rings is 2. The molecular weight excluding hydrogens is 536 g/mol. The average Bonchev–Trinajstić information content (AvgIpc) is 3.61. The summed E-state index contributed by atoms with van der Waals surface area (Å²) < 4.78 is 4.37. The Morgan fingerprint density at radius 1 is 0.523 bits per heavy atom. The number of aryl methyl sites for hydroxylation is 3. The highest BCUT2D eigenvalue weighted by molar-refractivity contribution is 5.67. The predicted octanol–water partition coefficient (Wildman–Crippen LogP) is 8.75. The van der Waals surface area contributed by atoms with Crippen LogP contribution in [0.4, 0.5) is 0 Å². The molecule has 0 fully saturated rings. The smallest absolute Gasteiger partial charge is 0.140 e. The van der Waals surface area contributed by atoms with E-state index in [0.29, 0.717) is 0 Å². The van der Waals surface area contributed by atoms with Gasteiger partial charge in [-0.1, -0.05) is 119 Å². The summed E-state index contributed by atoms with van der Waals surface area (Å²) in [7, 11) is 4.22. The molecule has 1 aliphatic heterocycles. The molecule has 4 heteroatoms. The Balaban J connectivity index is 1.66. The van der Waals surface area contributed by atoms with Gasteiger partial charge < -0.3 is 9.13 Å². The van der Waals surface area contributed by atoms with Crippen molar-refractivity contribution >= 4 is 0 Å². The van der Waals surface area contributed by atoms with E-state index < -0.39 is 5.41 Å². The van der Waals surface area contributed by atoms with Crippen LogP contribution in [0.15, 0.2) is 116 Å². The van der Waals surface area contributed by atoms with Crippen LogP contribution >= 0.6 is 0 Å². The van der Waals surface area contributed by atoms with Crippen LogP contribution in [0.1, 0.15) is 66.9 Å². The summed E-state index contributed by atoms with van der Waals surface area (Å²) in [4.78, 5) is 11.1. The first-order valence-electron chi connectivity index (χ1n) is 15.5. The van der Waals surface area contributed by atoms with Gasteiger partial charge in [0.05, 0.1) is 11.4 Å². The van der Waals surface area contributed by atoms with Crippen molar-refractivity contribution < 1.29 is 0 Å². The van der Waals surface area contributed by atoms with Crippen molar-refractivity contribution in [2.75, 3.05) is 0 Å². The first-order valence-corrected chi connectivity index (χ1v) is 15.5. The molecular formula is C40H40N4. The number of hydrogen-bond acceptors (Lipinski definition) is 2. The monoisotopic (exact) mass is 576 g/mol. The molecule has 44 heavy (non-hydrogen) atoms. The molecule has 6 aromatic rings. The van der Waals surface area contributed by atoms with E-state index >= 15 is 0 Å². The van der Waals surface area contributed by atoms with Gasteiger partial charge in [-0.15, -0.1) is 0 Å². The lowest BCUT2D eigenvalue weighted by molar-refractivity contribution is 0.303. The molecule has 0 radical (unpaired) electrons. The summed E-state index contributed by atoms with van der Waals surface area (Å²) in [6, 6.07) is 37.4. The first-order chi connectivity index (χ1) is 21.0. The maximum Gasteiger partial charge on any atom is 0.140 e. The highest BCUT2D eigenvalue weighted by Crippen LogP contribution is 2.48. The van der Waals surface area contributed by atoms with Crippen molar-refractivity contribution in [2.45, 2.75) is 50.9 Å². The Morgan fingerprint density at radius 2 is 1.02 bits per heavy atom. The maximum atomic E-state index is 5.55. The van der Waals surface area contributed by atoms with Crippen molar-refractivity contribution in [3.8, 4) is 22.8 Å². The van der Waals surface area contributed by atoms with E-state index in [0.717, 1.165) is 45.3 Å². The van der Waals surface area contributed by atoms with Gasteiger partial charge in [-0.3, -0.25) is 0 Å². The number of fused-ring (bicyclic) bond motifs is 10. The minimum Gasteiger partial charge on any atom is -0.334 e. The molecule has 1 aliphatic rings. The summed E-state index contributed by atoms with van der Waals surface area (Å²) in [6.07, 6.45) is 4.40. The van der Waals surface area contributed by atoms with Gasteiger partial charge in [0.25, 0.3) is 0 Å². The predicted molar refractivity (Wildman–Crippen MR) is 180 cm³/mol. The largest absolute Gasteiger partial charge is 0.334 e. The SMILES string of the molecule is Cc1ccc2cc1-c1nc(cn1C)C(c1ccccc1)(c1ccccc1)c1cn(C)c(n1)-c1cccc(c1)C(C)(C)C2(C)C. The highest BCUT2D eigenvalue weighted by atomic mass is 15.1. The molecule has 0 N–H and O–H groups in total. The van der Waals surface area contributed by atoms with Crippen molar-refractivity contribution in [3.63, 3.8) is 0 Å². The number of benzene rings is 4. The normalized spacial score (nSPS) is 16.2. The van der Waals surface area contributed by atoms with Crippen molar-refractivity contribution in [3.05, 3.63) is 155 Å². The van der Waals surface area contributed by atoms with Gasteiger partial charge in [0, 0.05) is 37.6 Å².